The fourth-order valence-electron chi connectivity index (χ4n) is 2.53. The van der Waals surface area contributed by atoms with Crippen molar-refractivity contribution in [3.05, 3.63) is 46.6 Å². The van der Waals surface area contributed by atoms with Gasteiger partial charge in [-0.25, -0.2) is 0 Å². The second-order valence-electron chi connectivity index (χ2n) is 4.89. The van der Waals surface area contributed by atoms with Gasteiger partial charge in [-0.1, -0.05) is 12.1 Å². The maximum Gasteiger partial charge on any atom is 0.196 e. The Hall–Kier alpha value is -2.07. The molecule has 0 atom stereocenters. The molecule has 0 aliphatic carbocycles. The summed E-state index contributed by atoms with van der Waals surface area (Å²) < 4.78 is 2.06. The third-order valence-corrected chi connectivity index (χ3v) is 4.65. The van der Waals surface area contributed by atoms with Gasteiger partial charge in [-0.3, -0.25) is 4.79 Å². The molecule has 2 aromatic carbocycles. The largest absolute Gasteiger partial charge is 0.385 e. The number of anilines is 2. The first-order valence-electron chi connectivity index (χ1n) is 7.22. The number of rotatable bonds is 4. The van der Waals surface area contributed by atoms with Crippen molar-refractivity contribution in [1.29, 1.82) is 0 Å². The van der Waals surface area contributed by atoms with Gasteiger partial charge in [0.05, 0.1) is 10.4 Å². The highest BCUT2D eigenvalue weighted by Gasteiger charge is 2.10. The van der Waals surface area contributed by atoms with Crippen molar-refractivity contribution in [2.24, 2.45) is 0 Å². The Morgan fingerprint density at radius 3 is 2.52 bits per heavy atom. The monoisotopic (exact) mass is 298 g/mol. The predicted octanol–water partition coefficient (Wildman–Crippen LogP) is 4.28. The van der Waals surface area contributed by atoms with E-state index in [2.05, 4.69) is 30.5 Å². The average molecular weight is 298 g/mol. The molecule has 0 aliphatic heterocycles. The first-order chi connectivity index (χ1) is 10.2. The zero-order valence-corrected chi connectivity index (χ0v) is 13.0. The van der Waals surface area contributed by atoms with E-state index in [1.54, 1.807) is 11.3 Å². The quantitative estimate of drug-likeness (QED) is 0.706. The van der Waals surface area contributed by atoms with Gasteiger partial charge in [0.25, 0.3) is 0 Å². The van der Waals surface area contributed by atoms with Gasteiger partial charge in [0.15, 0.2) is 5.43 Å². The molecule has 3 aromatic rings. The van der Waals surface area contributed by atoms with Crippen LogP contribution in [0.4, 0.5) is 11.4 Å². The molecule has 2 N–H and O–H groups in total. The minimum atomic E-state index is 0.109. The molecule has 0 radical (unpaired) electrons. The molecule has 1 heterocycles. The van der Waals surface area contributed by atoms with Crippen LogP contribution < -0.4 is 16.1 Å². The van der Waals surface area contributed by atoms with E-state index in [4.69, 9.17) is 0 Å². The fraction of sp³-hybridized carbons (Fsp3) is 0.235. The molecule has 4 heteroatoms. The van der Waals surface area contributed by atoms with Crippen molar-refractivity contribution < 1.29 is 0 Å². The smallest absolute Gasteiger partial charge is 0.196 e. The van der Waals surface area contributed by atoms with Crippen LogP contribution in [0, 0.1) is 0 Å². The topological polar surface area (TPSA) is 41.1 Å². The van der Waals surface area contributed by atoms with Crippen LogP contribution in [0.2, 0.25) is 0 Å². The lowest BCUT2D eigenvalue weighted by Crippen LogP contribution is -2.06. The van der Waals surface area contributed by atoms with E-state index in [9.17, 15) is 4.79 Å². The minimum Gasteiger partial charge on any atom is -0.385 e. The lowest BCUT2D eigenvalue weighted by atomic mass is 10.1. The molecule has 0 fully saturated rings. The summed E-state index contributed by atoms with van der Waals surface area (Å²) in [5.41, 5.74) is 2.12. The van der Waals surface area contributed by atoms with Gasteiger partial charge in [0.2, 0.25) is 0 Å². The van der Waals surface area contributed by atoms with Gasteiger partial charge in [0, 0.05) is 34.2 Å². The van der Waals surface area contributed by atoms with Crippen LogP contribution in [0.1, 0.15) is 13.8 Å². The van der Waals surface area contributed by atoms with Crippen LogP contribution in [0.15, 0.2) is 41.2 Å². The molecule has 108 valence electrons. The van der Waals surface area contributed by atoms with Gasteiger partial charge in [-0.05, 0) is 38.1 Å². The third kappa shape index (κ3) is 2.47. The molecule has 3 rings (SSSR count). The van der Waals surface area contributed by atoms with Crippen LogP contribution in [-0.4, -0.2) is 13.1 Å². The van der Waals surface area contributed by atoms with Crippen molar-refractivity contribution in [2.75, 3.05) is 23.7 Å². The maximum atomic E-state index is 12.8. The van der Waals surface area contributed by atoms with Crippen molar-refractivity contribution in [3.63, 3.8) is 0 Å². The molecule has 0 spiro atoms. The molecule has 3 nitrogen and oxygen atoms in total. The first kappa shape index (κ1) is 13.9. The predicted molar refractivity (Wildman–Crippen MR) is 93.9 cm³/mol. The normalized spacial score (nSPS) is 11.0. The van der Waals surface area contributed by atoms with E-state index in [0.29, 0.717) is 0 Å². The van der Waals surface area contributed by atoms with Crippen molar-refractivity contribution in [3.8, 4) is 0 Å². The zero-order chi connectivity index (χ0) is 14.8. The van der Waals surface area contributed by atoms with Crippen molar-refractivity contribution >= 4 is 42.9 Å². The van der Waals surface area contributed by atoms with Crippen molar-refractivity contribution in [2.45, 2.75) is 13.8 Å². The van der Waals surface area contributed by atoms with Crippen LogP contribution >= 0.6 is 11.3 Å². The molecular formula is C17H18N2OS. The summed E-state index contributed by atoms with van der Waals surface area (Å²) in [6, 6.07) is 11.9. The molecule has 0 aliphatic rings. The maximum absolute atomic E-state index is 12.8. The van der Waals surface area contributed by atoms with Gasteiger partial charge in [0.1, 0.15) is 0 Å². The van der Waals surface area contributed by atoms with Crippen LogP contribution in [-0.2, 0) is 0 Å². The van der Waals surface area contributed by atoms with E-state index in [-0.39, 0.29) is 5.43 Å². The van der Waals surface area contributed by atoms with Gasteiger partial charge in [-0.2, -0.15) is 0 Å². The van der Waals surface area contributed by atoms with E-state index in [0.717, 1.165) is 44.6 Å². The lowest BCUT2D eigenvalue weighted by molar-refractivity contribution is 1.20. The van der Waals surface area contributed by atoms with E-state index >= 15 is 0 Å². The number of fused-ring (bicyclic) bond motifs is 2. The second kappa shape index (κ2) is 5.74. The number of hydrogen-bond acceptors (Lipinski definition) is 4. The van der Waals surface area contributed by atoms with Crippen molar-refractivity contribution in [1.82, 2.24) is 0 Å². The summed E-state index contributed by atoms with van der Waals surface area (Å²) in [5, 5.41) is 8.25. The molecule has 0 unspecified atom stereocenters. The Morgan fingerprint density at radius 2 is 1.76 bits per heavy atom. The summed E-state index contributed by atoms with van der Waals surface area (Å²) in [4.78, 5) is 12.8. The number of benzene rings is 2. The number of nitrogens with one attached hydrogen (secondary N) is 2. The van der Waals surface area contributed by atoms with Crippen LogP contribution in [0.3, 0.4) is 0 Å². The molecule has 0 saturated carbocycles. The third-order valence-electron chi connectivity index (χ3n) is 3.43. The molecule has 21 heavy (non-hydrogen) atoms. The Kier molecular flexibility index (Phi) is 3.80. The lowest BCUT2D eigenvalue weighted by Gasteiger charge is -2.12. The Balaban J connectivity index is 2.40. The molecule has 0 saturated heterocycles. The average Bonchev–Trinajstić information content (AvgIpc) is 2.49. The van der Waals surface area contributed by atoms with Gasteiger partial charge >= 0.3 is 0 Å². The summed E-state index contributed by atoms with van der Waals surface area (Å²) in [7, 11) is 0. The Morgan fingerprint density at radius 1 is 1.00 bits per heavy atom. The number of hydrogen-bond donors (Lipinski definition) is 2. The van der Waals surface area contributed by atoms with E-state index < -0.39 is 0 Å². The highest BCUT2D eigenvalue weighted by Crippen LogP contribution is 2.33. The summed E-state index contributed by atoms with van der Waals surface area (Å²) in [5.74, 6) is 0. The second-order valence-corrected chi connectivity index (χ2v) is 5.94. The highest BCUT2D eigenvalue weighted by atomic mass is 32.1. The molecule has 0 bridgehead atoms. The van der Waals surface area contributed by atoms with Gasteiger partial charge < -0.3 is 10.6 Å². The Bertz CT molecular complexity index is 854. The minimum absolute atomic E-state index is 0.109. The Labute approximate surface area is 127 Å². The molecule has 1 aromatic heterocycles. The first-order valence-corrected chi connectivity index (χ1v) is 8.03. The summed E-state index contributed by atoms with van der Waals surface area (Å²) >= 11 is 1.67. The fourth-order valence-corrected chi connectivity index (χ4v) is 3.67. The molecular weight excluding hydrogens is 280 g/mol. The highest BCUT2D eigenvalue weighted by molar-refractivity contribution is 7.25. The van der Waals surface area contributed by atoms with E-state index in [1.165, 1.54) is 0 Å². The standard InChI is InChI=1S/C17H18N2OS/c1-3-18-11-9-13-16(20)12-7-5-6-8-15(12)21-17(13)14(10-11)19-4-2/h5-10,18-19H,3-4H2,1-2H3. The summed E-state index contributed by atoms with van der Waals surface area (Å²) in [6.45, 7) is 5.79. The van der Waals surface area contributed by atoms with Crippen LogP contribution in [0.25, 0.3) is 20.2 Å². The van der Waals surface area contributed by atoms with E-state index in [1.807, 2.05) is 30.3 Å². The zero-order valence-electron chi connectivity index (χ0n) is 12.2. The van der Waals surface area contributed by atoms with Crippen LogP contribution in [0.5, 0.6) is 0 Å². The summed E-state index contributed by atoms with van der Waals surface area (Å²) in [6.07, 6.45) is 0. The van der Waals surface area contributed by atoms with Gasteiger partial charge in [-0.15, -0.1) is 11.3 Å². The SMILES string of the molecule is CCNc1cc(NCC)c2sc3ccccc3c(=O)c2c1. The molecule has 0 amide bonds.